The van der Waals surface area contributed by atoms with Gasteiger partial charge in [0.15, 0.2) is 0 Å². The minimum atomic E-state index is -0.859. The highest BCUT2D eigenvalue weighted by molar-refractivity contribution is 5.93. The SMILES string of the molecule is O=C(c1cn2ccccc2n1)N1CCC(O)(c2ccccc2)C2CCCCC21. The van der Waals surface area contributed by atoms with Crippen molar-refractivity contribution in [2.45, 2.75) is 43.7 Å². The first kappa shape index (κ1) is 17.4. The number of carbonyl (C=O) groups excluding carboxylic acids is 1. The van der Waals surface area contributed by atoms with E-state index < -0.39 is 5.60 Å². The summed E-state index contributed by atoms with van der Waals surface area (Å²) in [6, 6.07) is 15.8. The summed E-state index contributed by atoms with van der Waals surface area (Å²) in [4.78, 5) is 19.8. The van der Waals surface area contributed by atoms with Gasteiger partial charge in [0.25, 0.3) is 5.91 Å². The maximum absolute atomic E-state index is 13.3. The van der Waals surface area contributed by atoms with Crippen LogP contribution in [0, 0.1) is 5.92 Å². The number of aromatic nitrogens is 2. The highest BCUT2D eigenvalue weighted by Gasteiger charge is 2.50. The summed E-state index contributed by atoms with van der Waals surface area (Å²) < 4.78 is 1.88. The van der Waals surface area contributed by atoms with Gasteiger partial charge in [-0.05, 0) is 37.0 Å². The molecule has 1 amide bonds. The summed E-state index contributed by atoms with van der Waals surface area (Å²) in [6.07, 6.45) is 8.38. The predicted molar refractivity (Wildman–Crippen MR) is 107 cm³/mol. The van der Waals surface area contributed by atoms with Crippen LogP contribution in [-0.2, 0) is 5.60 Å². The number of piperidine rings is 1. The van der Waals surface area contributed by atoms with Gasteiger partial charge in [-0.15, -0.1) is 0 Å². The molecule has 144 valence electrons. The van der Waals surface area contributed by atoms with E-state index in [1.165, 1.54) is 0 Å². The number of rotatable bonds is 2. The topological polar surface area (TPSA) is 57.8 Å². The average Bonchev–Trinajstić information content (AvgIpc) is 3.19. The molecule has 1 aliphatic heterocycles. The van der Waals surface area contributed by atoms with Crippen LogP contribution in [0.1, 0.15) is 48.2 Å². The average molecular weight is 375 g/mol. The van der Waals surface area contributed by atoms with Crippen LogP contribution in [0.5, 0.6) is 0 Å². The molecular weight excluding hydrogens is 350 g/mol. The van der Waals surface area contributed by atoms with Gasteiger partial charge in [-0.3, -0.25) is 4.79 Å². The minimum Gasteiger partial charge on any atom is -0.385 e. The normalized spacial score (nSPS) is 27.5. The first-order valence-corrected chi connectivity index (χ1v) is 10.2. The van der Waals surface area contributed by atoms with Crippen molar-refractivity contribution in [1.29, 1.82) is 0 Å². The van der Waals surface area contributed by atoms with Gasteiger partial charge in [0.1, 0.15) is 11.3 Å². The fourth-order valence-electron chi connectivity index (χ4n) is 5.21. The van der Waals surface area contributed by atoms with Crippen molar-refractivity contribution in [2.75, 3.05) is 6.54 Å². The fourth-order valence-corrected chi connectivity index (χ4v) is 5.21. The zero-order valence-corrected chi connectivity index (χ0v) is 15.9. The fraction of sp³-hybridized carbons (Fsp3) is 0.391. The van der Waals surface area contributed by atoms with E-state index in [1.54, 1.807) is 0 Å². The molecule has 0 bridgehead atoms. The predicted octanol–water partition coefficient (Wildman–Crippen LogP) is 3.63. The van der Waals surface area contributed by atoms with E-state index in [1.807, 2.05) is 70.2 Å². The Morgan fingerprint density at radius 1 is 1.07 bits per heavy atom. The molecule has 5 heteroatoms. The summed E-state index contributed by atoms with van der Waals surface area (Å²) in [5, 5.41) is 11.7. The van der Waals surface area contributed by atoms with Gasteiger partial charge in [-0.25, -0.2) is 4.98 Å². The molecule has 3 aromatic rings. The highest BCUT2D eigenvalue weighted by Crippen LogP contribution is 2.47. The summed E-state index contributed by atoms with van der Waals surface area (Å²) >= 11 is 0. The molecule has 1 aliphatic carbocycles. The van der Waals surface area contributed by atoms with Crippen LogP contribution in [-0.4, -0.2) is 37.9 Å². The first-order chi connectivity index (χ1) is 13.7. The van der Waals surface area contributed by atoms with Crippen LogP contribution in [0.2, 0.25) is 0 Å². The molecule has 0 radical (unpaired) electrons. The molecule has 1 N–H and O–H groups in total. The van der Waals surface area contributed by atoms with Gasteiger partial charge in [0.2, 0.25) is 0 Å². The number of hydrogen-bond donors (Lipinski definition) is 1. The summed E-state index contributed by atoms with van der Waals surface area (Å²) in [6.45, 7) is 0.555. The second kappa shape index (κ2) is 6.74. The summed E-state index contributed by atoms with van der Waals surface area (Å²) in [5.41, 5.74) is 1.39. The van der Waals surface area contributed by atoms with Gasteiger partial charge in [0.05, 0.1) is 5.60 Å². The van der Waals surface area contributed by atoms with E-state index >= 15 is 0 Å². The lowest BCUT2D eigenvalue weighted by Crippen LogP contribution is -2.59. The Morgan fingerprint density at radius 3 is 2.68 bits per heavy atom. The van der Waals surface area contributed by atoms with Gasteiger partial charge in [-0.2, -0.15) is 0 Å². The number of pyridine rings is 1. The lowest BCUT2D eigenvalue weighted by molar-refractivity contribution is -0.110. The number of imidazole rings is 1. The van der Waals surface area contributed by atoms with Crippen molar-refractivity contribution < 1.29 is 9.90 Å². The second-order valence-electron chi connectivity index (χ2n) is 8.09. The van der Waals surface area contributed by atoms with Crippen LogP contribution in [0.25, 0.3) is 5.65 Å². The van der Waals surface area contributed by atoms with Crippen molar-refractivity contribution in [1.82, 2.24) is 14.3 Å². The van der Waals surface area contributed by atoms with Crippen LogP contribution >= 0.6 is 0 Å². The molecule has 1 aromatic carbocycles. The number of aliphatic hydroxyl groups is 1. The van der Waals surface area contributed by atoms with E-state index in [-0.39, 0.29) is 17.9 Å². The number of benzene rings is 1. The molecule has 3 atom stereocenters. The number of amides is 1. The lowest BCUT2D eigenvalue weighted by Gasteiger charge is -2.52. The lowest BCUT2D eigenvalue weighted by atomic mass is 9.66. The van der Waals surface area contributed by atoms with Gasteiger partial charge in [-0.1, -0.05) is 49.2 Å². The van der Waals surface area contributed by atoms with Gasteiger partial charge >= 0.3 is 0 Å². The Morgan fingerprint density at radius 2 is 1.86 bits per heavy atom. The molecule has 28 heavy (non-hydrogen) atoms. The van der Waals surface area contributed by atoms with Crippen molar-refractivity contribution in [2.24, 2.45) is 5.92 Å². The van der Waals surface area contributed by atoms with Crippen molar-refractivity contribution in [3.8, 4) is 0 Å². The Balaban J connectivity index is 1.48. The standard InChI is InChI=1S/C23H25N3O2/c27-22(19-16-25-14-7-6-12-21(25)24-19)26-15-13-23(28,17-8-2-1-3-9-17)18-10-4-5-11-20(18)26/h1-3,6-9,12,14,16,18,20,28H,4-5,10-11,13,15H2. The molecule has 0 spiro atoms. The maximum Gasteiger partial charge on any atom is 0.274 e. The molecule has 2 fully saturated rings. The van der Waals surface area contributed by atoms with E-state index in [0.29, 0.717) is 18.7 Å². The van der Waals surface area contributed by atoms with E-state index in [0.717, 1.165) is 36.9 Å². The van der Waals surface area contributed by atoms with E-state index in [2.05, 4.69) is 4.98 Å². The number of hydrogen-bond acceptors (Lipinski definition) is 3. The molecule has 2 aromatic heterocycles. The van der Waals surface area contributed by atoms with Crippen molar-refractivity contribution >= 4 is 11.6 Å². The Labute approximate surface area is 164 Å². The number of fused-ring (bicyclic) bond motifs is 2. The van der Waals surface area contributed by atoms with Crippen molar-refractivity contribution in [3.63, 3.8) is 0 Å². The van der Waals surface area contributed by atoms with Crippen LogP contribution in [0.15, 0.2) is 60.9 Å². The number of carbonyl (C=O) groups is 1. The third-order valence-corrected chi connectivity index (χ3v) is 6.59. The largest absolute Gasteiger partial charge is 0.385 e. The summed E-state index contributed by atoms with van der Waals surface area (Å²) in [7, 11) is 0. The Bertz CT molecular complexity index is 966. The second-order valence-corrected chi connectivity index (χ2v) is 8.09. The molecule has 5 nitrogen and oxygen atoms in total. The molecule has 3 heterocycles. The molecular formula is C23H25N3O2. The zero-order chi connectivity index (χ0) is 19.1. The van der Waals surface area contributed by atoms with Crippen LogP contribution in [0.3, 0.4) is 0 Å². The smallest absolute Gasteiger partial charge is 0.274 e. The molecule has 5 rings (SSSR count). The molecule has 1 saturated carbocycles. The monoisotopic (exact) mass is 375 g/mol. The van der Waals surface area contributed by atoms with Crippen LogP contribution < -0.4 is 0 Å². The van der Waals surface area contributed by atoms with Crippen molar-refractivity contribution in [3.05, 3.63) is 72.2 Å². The summed E-state index contributed by atoms with van der Waals surface area (Å²) in [5.74, 6) is 0.0501. The highest BCUT2D eigenvalue weighted by atomic mass is 16.3. The van der Waals surface area contributed by atoms with E-state index in [9.17, 15) is 9.90 Å². The molecule has 3 unspecified atom stereocenters. The minimum absolute atomic E-state index is 0.0179. The Kier molecular flexibility index (Phi) is 4.20. The Hall–Kier alpha value is -2.66. The number of nitrogens with zero attached hydrogens (tertiary/aromatic N) is 3. The maximum atomic E-state index is 13.3. The quantitative estimate of drug-likeness (QED) is 0.744. The third kappa shape index (κ3) is 2.73. The van der Waals surface area contributed by atoms with Gasteiger partial charge < -0.3 is 14.4 Å². The molecule has 2 aliphatic rings. The third-order valence-electron chi connectivity index (χ3n) is 6.59. The molecule has 1 saturated heterocycles. The van der Waals surface area contributed by atoms with Gasteiger partial charge in [0, 0.05) is 30.9 Å². The number of likely N-dealkylation sites (tertiary alicyclic amines) is 1. The zero-order valence-electron chi connectivity index (χ0n) is 15.9. The van der Waals surface area contributed by atoms with E-state index in [4.69, 9.17) is 0 Å². The van der Waals surface area contributed by atoms with Crippen LogP contribution in [0.4, 0.5) is 0 Å². The first-order valence-electron chi connectivity index (χ1n) is 10.2.